The zero-order valence-corrected chi connectivity index (χ0v) is 13.2. The number of halogens is 3. The SMILES string of the molecule is O=C(Nc1cccc(Oc2ncccn2)c1)c1cccc(C(F)(F)F)c1. The van der Waals surface area contributed by atoms with Crippen LogP contribution in [0.4, 0.5) is 18.9 Å². The number of nitrogens with zero attached hydrogens (tertiary/aromatic N) is 2. The molecule has 8 heteroatoms. The Labute approximate surface area is 146 Å². The van der Waals surface area contributed by atoms with E-state index in [4.69, 9.17) is 4.74 Å². The molecule has 0 aliphatic heterocycles. The number of hydrogen-bond donors (Lipinski definition) is 1. The van der Waals surface area contributed by atoms with E-state index in [2.05, 4.69) is 15.3 Å². The second-order valence-corrected chi connectivity index (χ2v) is 5.19. The first-order valence-corrected chi connectivity index (χ1v) is 7.45. The number of nitrogens with one attached hydrogen (secondary N) is 1. The van der Waals surface area contributed by atoms with Crippen LogP contribution in [-0.2, 0) is 6.18 Å². The summed E-state index contributed by atoms with van der Waals surface area (Å²) in [5.74, 6) is -0.290. The van der Waals surface area contributed by atoms with Gasteiger partial charge in [-0.15, -0.1) is 0 Å². The van der Waals surface area contributed by atoms with E-state index in [1.165, 1.54) is 30.6 Å². The van der Waals surface area contributed by atoms with E-state index in [0.717, 1.165) is 12.1 Å². The summed E-state index contributed by atoms with van der Waals surface area (Å²) in [6.45, 7) is 0. The van der Waals surface area contributed by atoms with Crippen molar-refractivity contribution in [1.82, 2.24) is 9.97 Å². The largest absolute Gasteiger partial charge is 0.424 e. The molecule has 5 nitrogen and oxygen atoms in total. The molecule has 1 amide bonds. The highest BCUT2D eigenvalue weighted by molar-refractivity contribution is 6.04. The first-order valence-electron chi connectivity index (χ1n) is 7.45. The van der Waals surface area contributed by atoms with Gasteiger partial charge in [0.25, 0.3) is 5.91 Å². The normalized spacial score (nSPS) is 11.0. The summed E-state index contributed by atoms with van der Waals surface area (Å²) in [5.41, 5.74) is -0.623. The molecule has 26 heavy (non-hydrogen) atoms. The molecule has 0 bridgehead atoms. The first-order chi connectivity index (χ1) is 12.4. The lowest BCUT2D eigenvalue weighted by Gasteiger charge is -2.10. The lowest BCUT2D eigenvalue weighted by Crippen LogP contribution is -2.13. The summed E-state index contributed by atoms with van der Waals surface area (Å²) in [6, 6.07) is 12.3. The summed E-state index contributed by atoms with van der Waals surface area (Å²) < 4.78 is 43.7. The maximum atomic E-state index is 12.8. The minimum absolute atomic E-state index is 0.0995. The average molecular weight is 359 g/mol. The van der Waals surface area contributed by atoms with E-state index in [0.29, 0.717) is 11.4 Å². The van der Waals surface area contributed by atoms with E-state index in [1.54, 1.807) is 24.3 Å². The number of anilines is 1. The Morgan fingerprint density at radius 3 is 2.42 bits per heavy atom. The number of hydrogen-bond acceptors (Lipinski definition) is 4. The summed E-state index contributed by atoms with van der Waals surface area (Å²) in [7, 11) is 0. The molecular weight excluding hydrogens is 347 g/mol. The van der Waals surface area contributed by atoms with Crippen molar-refractivity contribution in [2.45, 2.75) is 6.18 Å². The van der Waals surface area contributed by atoms with Crippen molar-refractivity contribution in [3.05, 3.63) is 78.1 Å². The standard InChI is InChI=1S/C18H12F3N3O2/c19-18(20,21)13-5-1-4-12(10-13)16(25)24-14-6-2-7-15(11-14)26-17-22-8-3-9-23-17/h1-11H,(H,24,25). The van der Waals surface area contributed by atoms with E-state index < -0.39 is 17.6 Å². The summed E-state index contributed by atoms with van der Waals surface area (Å²) in [4.78, 5) is 20.1. The highest BCUT2D eigenvalue weighted by Crippen LogP contribution is 2.30. The lowest BCUT2D eigenvalue weighted by atomic mass is 10.1. The Morgan fingerprint density at radius 2 is 1.69 bits per heavy atom. The van der Waals surface area contributed by atoms with Crippen LogP contribution in [-0.4, -0.2) is 15.9 Å². The third-order valence-electron chi connectivity index (χ3n) is 3.30. The van der Waals surface area contributed by atoms with Crippen molar-refractivity contribution in [3.8, 4) is 11.8 Å². The Kier molecular flexibility index (Phi) is 4.83. The molecule has 3 aromatic rings. The van der Waals surface area contributed by atoms with Crippen molar-refractivity contribution < 1.29 is 22.7 Å². The molecular formula is C18H12F3N3O2. The van der Waals surface area contributed by atoms with Gasteiger partial charge < -0.3 is 10.1 Å². The fourth-order valence-electron chi connectivity index (χ4n) is 2.12. The molecule has 0 unspecified atom stereocenters. The molecule has 2 aromatic carbocycles. The third-order valence-corrected chi connectivity index (χ3v) is 3.30. The summed E-state index contributed by atoms with van der Waals surface area (Å²) in [5, 5.41) is 2.54. The predicted octanol–water partition coefficient (Wildman–Crippen LogP) is 4.54. The molecule has 1 heterocycles. The number of benzene rings is 2. The topological polar surface area (TPSA) is 64.1 Å². The van der Waals surface area contributed by atoms with Crippen LogP contribution in [0.15, 0.2) is 67.0 Å². The van der Waals surface area contributed by atoms with Gasteiger partial charge in [-0.3, -0.25) is 4.79 Å². The predicted molar refractivity (Wildman–Crippen MR) is 87.9 cm³/mol. The van der Waals surface area contributed by atoms with Gasteiger partial charge in [0.1, 0.15) is 5.75 Å². The van der Waals surface area contributed by atoms with Crippen LogP contribution in [0, 0.1) is 0 Å². The van der Waals surface area contributed by atoms with Crippen molar-refractivity contribution in [3.63, 3.8) is 0 Å². The third kappa shape index (κ3) is 4.35. The van der Waals surface area contributed by atoms with Gasteiger partial charge in [0.15, 0.2) is 0 Å². The summed E-state index contributed by atoms with van der Waals surface area (Å²) >= 11 is 0. The van der Waals surface area contributed by atoms with Gasteiger partial charge in [0.05, 0.1) is 5.56 Å². The van der Waals surface area contributed by atoms with Gasteiger partial charge in [-0.2, -0.15) is 13.2 Å². The number of alkyl halides is 3. The average Bonchev–Trinajstić information content (AvgIpc) is 2.62. The summed E-state index contributed by atoms with van der Waals surface area (Å²) in [6.07, 6.45) is -1.48. The molecule has 0 saturated carbocycles. The lowest BCUT2D eigenvalue weighted by molar-refractivity contribution is -0.137. The molecule has 0 spiro atoms. The number of carbonyl (C=O) groups is 1. The number of aromatic nitrogens is 2. The van der Waals surface area contributed by atoms with Crippen LogP contribution in [0.3, 0.4) is 0 Å². The molecule has 0 atom stereocenters. The van der Waals surface area contributed by atoms with Gasteiger partial charge in [-0.25, -0.2) is 9.97 Å². The van der Waals surface area contributed by atoms with Crippen LogP contribution >= 0.6 is 0 Å². The molecule has 1 N–H and O–H groups in total. The molecule has 3 rings (SSSR count). The van der Waals surface area contributed by atoms with Crippen LogP contribution < -0.4 is 10.1 Å². The zero-order chi connectivity index (χ0) is 18.6. The second kappa shape index (κ2) is 7.22. The number of amides is 1. The van der Waals surface area contributed by atoms with Crippen LogP contribution in [0.5, 0.6) is 11.8 Å². The van der Waals surface area contributed by atoms with E-state index >= 15 is 0 Å². The molecule has 0 aliphatic carbocycles. The van der Waals surface area contributed by atoms with Crippen LogP contribution in [0.25, 0.3) is 0 Å². The second-order valence-electron chi connectivity index (χ2n) is 5.19. The molecule has 0 radical (unpaired) electrons. The van der Waals surface area contributed by atoms with Crippen molar-refractivity contribution >= 4 is 11.6 Å². The van der Waals surface area contributed by atoms with Crippen molar-refractivity contribution in [2.24, 2.45) is 0 Å². The van der Waals surface area contributed by atoms with E-state index in [9.17, 15) is 18.0 Å². The highest BCUT2D eigenvalue weighted by Gasteiger charge is 2.30. The van der Waals surface area contributed by atoms with Gasteiger partial charge in [0, 0.05) is 29.7 Å². The molecule has 132 valence electrons. The quantitative estimate of drug-likeness (QED) is 0.743. The maximum absolute atomic E-state index is 12.8. The molecule has 1 aromatic heterocycles. The van der Waals surface area contributed by atoms with Crippen molar-refractivity contribution in [1.29, 1.82) is 0 Å². The molecule has 0 saturated heterocycles. The molecule has 0 aliphatic rings. The van der Waals surface area contributed by atoms with Gasteiger partial charge in [-0.05, 0) is 36.4 Å². The van der Waals surface area contributed by atoms with E-state index in [1.807, 2.05) is 0 Å². The van der Waals surface area contributed by atoms with Gasteiger partial charge in [0.2, 0.25) is 0 Å². The Bertz CT molecular complexity index is 915. The number of rotatable bonds is 4. The van der Waals surface area contributed by atoms with E-state index in [-0.39, 0.29) is 11.6 Å². The highest BCUT2D eigenvalue weighted by atomic mass is 19.4. The molecule has 0 fully saturated rings. The smallest absolute Gasteiger partial charge is 0.416 e. The Morgan fingerprint density at radius 1 is 0.962 bits per heavy atom. The first kappa shape index (κ1) is 17.4. The maximum Gasteiger partial charge on any atom is 0.416 e. The van der Waals surface area contributed by atoms with Crippen molar-refractivity contribution in [2.75, 3.05) is 5.32 Å². The number of carbonyl (C=O) groups excluding carboxylic acids is 1. The van der Waals surface area contributed by atoms with Gasteiger partial charge >= 0.3 is 12.2 Å². The number of ether oxygens (including phenoxy) is 1. The minimum atomic E-state index is -4.51. The fourth-order valence-corrected chi connectivity index (χ4v) is 2.12. The van der Waals surface area contributed by atoms with Gasteiger partial charge in [-0.1, -0.05) is 12.1 Å². The Balaban J connectivity index is 1.75. The van der Waals surface area contributed by atoms with Crippen LogP contribution in [0.1, 0.15) is 15.9 Å². The minimum Gasteiger partial charge on any atom is -0.424 e. The monoisotopic (exact) mass is 359 g/mol. The zero-order valence-electron chi connectivity index (χ0n) is 13.2. The van der Waals surface area contributed by atoms with Crippen LogP contribution in [0.2, 0.25) is 0 Å². The fraction of sp³-hybridized carbons (Fsp3) is 0.0556. The Hall–Kier alpha value is -3.42.